The van der Waals surface area contributed by atoms with Crippen LogP contribution in [0.2, 0.25) is 0 Å². The van der Waals surface area contributed by atoms with Crippen molar-refractivity contribution in [2.75, 3.05) is 11.5 Å². The van der Waals surface area contributed by atoms with Gasteiger partial charge in [-0.15, -0.1) is 22.0 Å². The molecule has 0 fully saturated rings. The highest BCUT2D eigenvalue weighted by Gasteiger charge is 1.97. The highest BCUT2D eigenvalue weighted by atomic mass is 32.2. The van der Waals surface area contributed by atoms with Gasteiger partial charge in [0.25, 0.3) is 0 Å². The lowest BCUT2D eigenvalue weighted by atomic mass is 10.4. The monoisotopic (exact) mass is 254 g/mol. The van der Waals surface area contributed by atoms with E-state index in [0.717, 1.165) is 15.8 Å². The first kappa shape index (κ1) is 11.0. The lowest BCUT2D eigenvalue weighted by molar-refractivity contribution is 1.01. The van der Waals surface area contributed by atoms with E-state index in [0.29, 0.717) is 0 Å². The van der Waals surface area contributed by atoms with E-state index in [9.17, 15) is 0 Å². The molecule has 0 amide bonds. The number of benzene rings is 1. The summed E-state index contributed by atoms with van der Waals surface area (Å²) in [5.41, 5.74) is 1.77. The summed E-state index contributed by atoms with van der Waals surface area (Å²) >= 11 is 5.25. The third-order valence-corrected chi connectivity index (χ3v) is 4.80. The van der Waals surface area contributed by atoms with Gasteiger partial charge in [-0.25, -0.2) is 0 Å². The van der Waals surface area contributed by atoms with Gasteiger partial charge in [0, 0.05) is 16.4 Å². The molecule has 0 spiro atoms. The van der Waals surface area contributed by atoms with Gasteiger partial charge < -0.3 is 0 Å². The van der Waals surface area contributed by atoms with Crippen LogP contribution in [0.25, 0.3) is 0 Å². The molecule has 1 aromatic carbocycles. The Morgan fingerprint density at radius 1 is 1.07 bits per heavy atom. The normalized spacial score (nSPS) is 10.4. The molecule has 0 aliphatic carbocycles. The summed E-state index contributed by atoms with van der Waals surface area (Å²) in [5.74, 6) is 2.18. The van der Waals surface area contributed by atoms with Crippen LogP contribution in [-0.2, 0) is 0 Å². The summed E-state index contributed by atoms with van der Waals surface area (Å²) < 4.78 is 1.06. The molecule has 0 saturated carbocycles. The topological polar surface area (TPSA) is 25.8 Å². The predicted molar refractivity (Wildman–Crippen MR) is 67.8 cm³/mol. The molecular formula is C10H10N2S3. The fourth-order valence-corrected chi connectivity index (χ4v) is 3.49. The summed E-state index contributed by atoms with van der Waals surface area (Å²) in [6, 6.07) is 10.5. The van der Waals surface area contributed by atoms with Crippen LogP contribution >= 0.6 is 34.9 Å². The summed E-state index contributed by atoms with van der Waals surface area (Å²) in [6.45, 7) is 0. The molecule has 0 aliphatic heterocycles. The van der Waals surface area contributed by atoms with Gasteiger partial charge in [0.1, 0.15) is 5.51 Å². The molecule has 1 heterocycles. The first-order valence-electron chi connectivity index (χ1n) is 4.52. The minimum absolute atomic E-state index is 1.06. The maximum Gasteiger partial charge on any atom is 0.174 e. The Morgan fingerprint density at radius 2 is 1.87 bits per heavy atom. The first-order chi connectivity index (χ1) is 7.45. The number of rotatable bonds is 5. The maximum atomic E-state index is 3.98. The number of thioether (sulfide) groups is 2. The lowest BCUT2D eigenvalue weighted by Gasteiger charge is -1.99. The largest absolute Gasteiger partial charge is 0.174 e. The van der Waals surface area contributed by atoms with Gasteiger partial charge in [-0.3, -0.25) is 0 Å². The molecular weight excluding hydrogens is 244 g/mol. The Labute approximate surface area is 102 Å². The quantitative estimate of drug-likeness (QED) is 0.603. The van der Waals surface area contributed by atoms with Crippen molar-refractivity contribution in [2.45, 2.75) is 9.24 Å². The van der Waals surface area contributed by atoms with E-state index >= 15 is 0 Å². The average molecular weight is 254 g/mol. The number of hydrogen-bond acceptors (Lipinski definition) is 5. The molecule has 5 heteroatoms. The third kappa shape index (κ3) is 3.85. The minimum atomic E-state index is 1.06. The second-order valence-electron chi connectivity index (χ2n) is 2.71. The van der Waals surface area contributed by atoms with E-state index in [1.807, 2.05) is 17.8 Å². The van der Waals surface area contributed by atoms with E-state index < -0.39 is 0 Å². The van der Waals surface area contributed by atoms with Crippen molar-refractivity contribution < 1.29 is 0 Å². The Hall–Kier alpha value is -0.520. The zero-order valence-electron chi connectivity index (χ0n) is 8.00. The summed E-state index contributed by atoms with van der Waals surface area (Å²) in [5, 5.41) is 7.78. The highest BCUT2D eigenvalue weighted by molar-refractivity contribution is 8.03. The van der Waals surface area contributed by atoms with Crippen LogP contribution in [-0.4, -0.2) is 21.7 Å². The van der Waals surface area contributed by atoms with Gasteiger partial charge in [-0.1, -0.05) is 41.3 Å². The SMILES string of the molecule is c1ccc(SCCSc2nncs2)cc1. The summed E-state index contributed by atoms with van der Waals surface area (Å²) in [6.07, 6.45) is 0. The van der Waals surface area contributed by atoms with Crippen LogP contribution in [0.15, 0.2) is 45.1 Å². The van der Waals surface area contributed by atoms with Gasteiger partial charge in [-0.05, 0) is 12.1 Å². The zero-order chi connectivity index (χ0) is 10.3. The zero-order valence-corrected chi connectivity index (χ0v) is 10.4. The van der Waals surface area contributed by atoms with Gasteiger partial charge in [0.05, 0.1) is 0 Å². The van der Waals surface area contributed by atoms with Crippen molar-refractivity contribution >= 4 is 34.9 Å². The van der Waals surface area contributed by atoms with Crippen molar-refractivity contribution in [3.05, 3.63) is 35.8 Å². The summed E-state index contributed by atoms with van der Waals surface area (Å²) in [7, 11) is 0. The van der Waals surface area contributed by atoms with E-state index in [2.05, 4.69) is 34.5 Å². The second kappa shape index (κ2) is 6.15. The molecule has 2 nitrogen and oxygen atoms in total. The molecule has 0 bridgehead atoms. The molecule has 15 heavy (non-hydrogen) atoms. The molecule has 2 aromatic rings. The van der Waals surface area contributed by atoms with Crippen LogP contribution < -0.4 is 0 Å². The fraction of sp³-hybridized carbons (Fsp3) is 0.200. The average Bonchev–Trinajstić information content (AvgIpc) is 2.79. The molecule has 0 atom stereocenters. The van der Waals surface area contributed by atoms with E-state index in [1.165, 1.54) is 4.90 Å². The Morgan fingerprint density at radius 3 is 2.60 bits per heavy atom. The van der Waals surface area contributed by atoms with Gasteiger partial charge in [0.15, 0.2) is 4.34 Å². The van der Waals surface area contributed by atoms with Crippen molar-refractivity contribution in [3.8, 4) is 0 Å². The van der Waals surface area contributed by atoms with E-state index in [1.54, 1.807) is 28.6 Å². The van der Waals surface area contributed by atoms with E-state index in [-0.39, 0.29) is 0 Å². The van der Waals surface area contributed by atoms with Gasteiger partial charge in [0.2, 0.25) is 0 Å². The van der Waals surface area contributed by atoms with Gasteiger partial charge >= 0.3 is 0 Å². The molecule has 0 radical (unpaired) electrons. The summed E-state index contributed by atoms with van der Waals surface area (Å²) in [4.78, 5) is 1.33. The smallest absolute Gasteiger partial charge is 0.146 e. The van der Waals surface area contributed by atoms with Crippen LogP contribution in [0.3, 0.4) is 0 Å². The van der Waals surface area contributed by atoms with Crippen LogP contribution in [0.4, 0.5) is 0 Å². The Bertz CT molecular complexity index is 375. The maximum absolute atomic E-state index is 3.98. The first-order valence-corrected chi connectivity index (χ1v) is 7.37. The Balaban J connectivity index is 1.68. The molecule has 78 valence electrons. The second-order valence-corrected chi connectivity index (χ2v) is 6.06. The van der Waals surface area contributed by atoms with Crippen molar-refractivity contribution in [1.82, 2.24) is 10.2 Å². The van der Waals surface area contributed by atoms with E-state index in [4.69, 9.17) is 0 Å². The standard InChI is InChI=1S/C10H10N2S3/c1-2-4-9(5-3-1)13-6-7-14-10-12-11-8-15-10/h1-5,8H,6-7H2. The molecule has 0 saturated heterocycles. The van der Waals surface area contributed by atoms with Crippen molar-refractivity contribution in [1.29, 1.82) is 0 Å². The Kier molecular flexibility index (Phi) is 4.50. The highest BCUT2D eigenvalue weighted by Crippen LogP contribution is 2.23. The number of hydrogen-bond donors (Lipinski definition) is 0. The number of nitrogens with zero attached hydrogens (tertiary/aromatic N) is 2. The van der Waals surface area contributed by atoms with Crippen LogP contribution in [0.1, 0.15) is 0 Å². The van der Waals surface area contributed by atoms with Crippen LogP contribution in [0, 0.1) is 0 Å². The molecule has 0 unspecified atom stereocenters. The number of aromatic nitrogens is 2. The predicted octanol–water partition coefficient (Wildman–Crippen LogP) is 3.42. The van der Waals surface area contributed by atoms with Crippen molar-refractivity contribution in [2.24, 2.45) is 0 Å². The minimum Gasteiger partial charge on any atom is -0.146 e. The van der Waals surface area contributed by atoms with Crippen LogP contribution in [0.5, 0.6) is 0 Å². The van der Waals surface area contributed by atoms with Gasteiger partial charge in [-0.2, -0.15) is 0 Å². The molecule has 2 rings (SSSR count). The molecule has 1 aromatic heterocycles. The van der Waals surface area contributed by atoms with Crippen molar-refractivity contribution in [3.63, 3.8) is 0 Å². The lowest BCUT2D eigenvalue weighted by Crippen LogP contribution is -1.83. The molecule has 0 aliphatic rings. The fourth-order valence-electron chi connectivity index (χ4n) is 1.03. The molecule has 0 N–H and O–H groups in total. The third-order valence-electron chi connectivity index (χ3n) is 1.66.